The molecule has 0 saturated heterocycles. The highest BCUT2D eigenvalue weighted by Crippen LogP contribution is 2.14. The molecule has 4 heteroatoms. The molecule has 19 heavy (non-hydrogen) atoms. The standard InChI is InChI=1S/C15H21O4/c1-4-5-6-11-17-19-15(16)13-7-9-14(10-8-13)18-12(2)3/h7-10,12H,1,4-6,11H2,2-3H3. The average Bonchev–Trinajstić information content (AvgIpc) is 2.38. The third kappa shape index (κ3) is 6.25. The predicted molar refractivity (Wildman–Crippen MR) is 72.8 cm³/mol. The van der Waals surface area contributed by atoms with Gasteiger partial charge in [-0.2, -0.15) is 4.89 Å². The zero-order chi connectivity index (χ0) is 14.1. The summed E-state index contributed by atoms with van der Waals surface area (Å²) in [5.74, 6) is 0.230. The molecule has 0 atom stereocenters. The quantitative estimate of drug-likeness (QED) is 0.409. The first-order valence-corrected chi connectivity index (χ1v) is 6.53. The maximum Gasteiger partial charge on any atom is 0.373 e. The topological polar surface area (TPSA) is 44.8 Å². The van der Waals surface area contributed by atoms with Gasteiger partial charge in [-0.15, -0.1) is 0 Å². The average molecular weight is 265 g/mol. The Morgan fingerprint density at radius 2 is 1.89 bits per heavy atom. The van der Waals surface area contributed by atoms with Gasteiger partial charge in [-0.3, -0.25) is 4.89 Å². The molecular formula is C15H21O4. The molecule has 0 saturated carbocycles. The van der Waals surface area contributed by atoms with Crippen LogP contribution in [0, 0.1) is 6.92 Å². The van der Waals surface area contributed by atoms with E-state index in [1.54, 1.807) is 24.3 Å². The Labute approximate surface area is 114 Å². The van der Waals surface area contributed by atoms with E-state index in [4.69, 9.17) is 14.5 Å². The number of benzene rings is 1. The summed E-state index contributed by atoms with van der Waals surface area (Å²) < 4.78 is 5.49. The Hall–Kier alpha value is -1.55. The van der Waals surface area contributed by atoms with Crippen LogP contribution in [0.15, 0.2) is 24.3 Å². The molecule has 1 aromatic carbocycles. The van der Waals surface area contributed by atoms with Gasteiger partial charge in [-0.1, -0.05) is 19.8 Å². The van der Waals surface area contributed by atoms with Crippen LogP contribution >= 0.6 is 0 Å². The van der Waals surface area contributed by atoms with Crippen molar-refractivity contribution in [3.05, 3.63) is 36.8 Å². The molecule has 0 aliphatic rings. The van der Waals surface area contributed by atoms with E-state index in [1.165, 1.54) is 0 Å². The molecule has 105 valence electrons. The Bertz CT molecular complexity index is 370. The highest BCUT2D eigenvalue weighted by Gasteiger charge is 2.08. The van der Waals surface area contributed by atoms with Gasteiger partial charge in [0.05, 0.1) is 18.3 Å². The molecule has 1 radical (unpaired) electrons. The van der Waals surface area contributed by atoms with Crippen molar-refractivity contribution in [2.75, 3.05) is 6.61 Å². The lowest BCUT2D eigenvalue weighted by Gasteiger charge is -2.09. The third-order valence-electron chi connectivity index (χ3n) is 2.32. The first-order chi connectivity index (χ1) is 9.13. The molecule has 1 aromatic rings. The molecular weight excluding hydrogens is 244 g/mol. The summed E-state index contributed by atoms with van der Waals surface area (Å²) in [7, 11) is 0. The molecule has 0 N–H and O–H groups in total. The molecule has 1 rings (SSSR count). The van der Waals surface area contributed by atoms with Crippen molar-refractivity contribution in [1.82, 2.24) is 0 Å². The maximum atomic E-state index is 11.6. The monoisotopic (exact) mass is 265 g/mol. The smallest absolute Gasteiger partial charge is 0.373 e. The first kappa shape index (κ1) is 15.5. The van der Waals surface area contributed by atoms with Crippen LogP contribution in [-0.4, -0.2) is 18.7 Å². The predicted octanol–water partition coefficient (Wildman–Crippen LogP) is 3.57. The first-order valence-electron chi connectivity index (χ1n) is 6.53. The van der Waals surface area contributed by atoms with Crippen molar-refractivity contribution in [2.24, 2.45) is 0 Å². The molecule has 0 amide bonds. The molecule has 0 aromatic heterocycles. The van der Waals surface area contributed by atoms with Gasteiger partial charge in [0, 0.05) is 0 Å². The Balaban J connectivity index is 2.36. The van der Waals surface area contributed by atoms with Crippen LogP contribution in [0.1, 0.15) is 43.5 Å². The van der Waals surface area contributed by atoms with Crippen molar-refractivity contribution in [1.29, 1.82) is 0 Å². The van der Waals surface area contributed by atoms with Gasteiger partial charge in [0.2, 0.25) is 0 Å². The summed E-state index contributed by atoms with van der Waals surface area (Å²) in [4.78, 5) is 21.1. The van der Waals surface area contributed by atoms with Gasteiger partial charge >= 0.3 is 5.97 Å². The number of hydrogen-bond acceptors (Lipinski definition) is 4. The van der Waals surface area contributed by atoms with Crippen molar-refractivity contribution in [3.63, 3.8) is 0 Å². The second-order valence-electron chi connectivity index (χ2n) is 4.44. The SMILES string of the molecule is [CH2]CCCCOOC(=O)c1ccc(OC(C)C)cc1. The van der Waals surface area contributed by atoms with Gasteiger partial charge in [-0.25, -0.2) is 4.79 Å². The minimum atomic E-state index is -0.495. The summed E-state index contributed by atoms with van der Waals surface area (Å²) in [5.41, 5.74) is 0.438. The van der Waals surface area contributed by atoms with Crippen LogP contribution in [0.4, 0.5) is 0 Å². The fourth-order valence-electron chi connectivity index (χ4n) is 1.42. The highest BCUT2D eigenvalue weighted by atomic mass is 17.2. The van der Waals surface area contributed by atoms with Gasteiger partial charge in [-0.05, 0) is 44.5 Å². The van der Waals surface area contributed by atoms with Crippen LogP contribution in [0.5, 0.6) is 5.75 Å². The lowest BCUT2D eigenvalue weighted by atomic mass is 10.2. The molecule has 0 unspecified atom stereocenters. The van der Waals surface area contributed by atoms with Crippen LogP contribution in [0.25, 0.3) is 0 Å². The molecule has 0 aliphatic heterocycles. The minimum Gasteiger partial charge on any atom is -0.491 e. The van der Waals surface area contributed by atoms with E-state index in [0.29, 0.717) is 12.2 Å². The van der Waals surface area contributed by atoms with Crippen LogP contribution in [0.2, 0.25) is 0 Å². The molecule has 0 heterocycles. The van der Waals surface area contributed by atoms with Gasteiger partial charge in [0.1, 0.15) is 5.75 Å². The van der Waals surface area contributed by atoms with E-state index in [9.17, 15) is 4.79 Å². The second-order valence-corrected chi connectivity index (χ2v) is 4.44. The summed E-state index contributed by atoms with van der Waals surface area (Å²) in [6, 6.07) is 6.78. The molecule has 0 bridgehead atoms. The minimum absolute atomic E-state index is 0.106. The number of unbranched alkanes of at least 4 members (excludes halogenated alkanes) is 2. The molecule has 0 fully saturated rings. The summed E-state index contributed by atoms with van der Waals surface area (Å²) in [6.45, 7) is 8.01. The number of carbonyl (C=O) groups excluding carboxylic acids is 1. The van der Waals surface area contributed by atoms with Crippen molar-refractivity contribution < 1.29 is 19.3 Å². The van der Waals surface area contributed by atoms with Gasteiger partial charge < -0.3 is 4.74 Å². The fraction of sp³-hybridized carbons (Fsp3) is 0.467. The zero-order valence-corrected chi connectivity index (χ0v) is 11.6. The molecule has 0 spiro atoms. The number of ether oxygens (including phenoxy) is 1. The fourth-order valence-corrected chi connectivity index (χ4v) is 1.42. The number of hydrogen-bond donors (Lipinski definition) is 0. The summed E-state index contributed by atoms with van der Waals surface area (Å²) >= 11 is 0. The lowest BCUT2D eigenvalue weighted by Crippen LogP contribution is -2.08. The summed E-state index contributed by atoms with van der Waals surface area (Å²) in [5, 5.41) is 0. The van der Waals surface area contributed by atoms with Crippen LogP contribution < -0.4 is 4.74 Å². The van der Waals surface area contributed by atoms with Gasteiger partial charge in [0.15, 0.2) is 0 Å². The molecule has 4 nitrogen and oxygen atoms in total. The maximum absolute atomic E-state index is 11.6. The summed E-state index contributed by atoms with van der Waals surface area (Å²) in [6.07, 6.45) is 2.75. The third-order valence-corrected chi connectivity index (χ3v) is 2.32. The zero-order valence-electron chi connectivity index (χ0n) is 11.6. The molecule has 0 aliphatic carbocycles. The van der Waals surface area contributed by atoms with E-state index >= 15 is 0 Å². The number of carbonyl (C=O) groups is 1. The van der Waals surface area contributed by atoms with Crippen molar-refractivity contribution in [2.45, 2.75) is 39.2 Å². The van der Waals surface area contributed by atoms with Crippen molar-refractivity contribution >= 4 is 5.97 Å². The Morgan fingerprint density at radius 3 is 2.47 bits per heavy atom. The Morgan fingerprint density at radius 1 is 1.21 bits per heavy atom. The van der Waals surface area contributed by atoms with Crippen LogP contribution in [-0.2, 0) is 9.78 Å². The van der Waals surface area contributed by atoms with Crippen LogP contribution in [0.3, 0.4) is 0 Å². The Kier molecular flexibility index (Phi) is 6.97. The van der Waals surface area contributed by atoms with E-state index < -0.39 is 5.97 Å². The van der Waals surface area contributed by atoms with E-state index in [2.05, 4.69) is 6.92 Å². The van der Waals surface area contributed by atoms with E-state index in [0.717, 1.165) is 25.0 Å². The lowest BCUT2D eigenvalue weighted by molar-refractivity contribution is -0.241. The largest absolute Gasteiger partial charge is 0.491 e. The normalized spacial score (nSPS) is 10.5. The highest BCUT2D eigenvalue weighted by molar-refractivity contribution is 5.89. The van der Waals surface area contributed by atoms with Gasteiger partial charge in [0.25, 0.3) is 0 Å². The van der Waals surface area contributed by atoms with Crippen molar-refractivity contribution in [3.8, 4) is 5.75 Å². The van der Waals surface area contributed by atoms with E-state index in [1.807, 2.05) is 13.8 Å². The second kappa shape index (κ2) is 8.53. The van der Waals surface area contributed by atoms with E-state index in [-0.39, 0.29) is 6.10 Å². The number of rotatable bonds is 8.